The molecule has 0 saturated heterocycles. The van der Waals surface area contributed by atoms with Crippen molar-refractivity contribution in [1.82, 2.24) is 0 Å². The van der Waals surface area contributed by atoms with E-state index >= 15 is 0 Å². The minimum atomic E-state index is -0.787. The fourth-order valence-electron chi connectivity index (χ4n) is 1.37. The van der Waals surface area contributed by atoms with Gasteiger partial charge >= 0.3 is 0 Å². The molecule has 2 atom stereocenters. The van der Waals surface area contributed by atoms with Gasteiger partial charge in [0.15, 0.2) is 0 Å². The second-order valence-electron chi connectivity index (χ2n) is 3.73. The summed E-state index contributed by atoms with van der Waals surface area (Å²) >= 11 is 0. The molecule has 17 heavy (non-hydrogen) atoms. The minimum Gasteiger partial charge on any atom is -0.489 e. The van der Waals surface area contributed by atoms with E-state index < -0.39 is 12.1 Å². The van der Waals surface area contributed by atoms with Crippen LogP contribution in [0.5, 0.6) is 5.75 Å². The molecule has 0 radical (unpaired) electrons. The molecule has 1 aromatic rings. The Kier molecular flexibility index (Phi) is 5.43. The molecule has 0 aliphatic rings. The van der Waals surface area contributed by atoms with Crippen LogP contribution in [0.2, 0.25) is 0 Å². The molecule has 0 bridgehead atoms. The van der Waals surface area contributed by atoms with Crippen molar-refractivity contribution in [3.8, 4) is 11.8 Å². The van der Waals surface area contributed by atoms with E-state index in [1.165, 1.54) is 0 Å². The number of hydrogen-bond donors (Lipinski definition) is 3. The first-order valence-electron chi connectivity index (χ1n) is 5.44. The summed E-state index contributed by atoms with van der Waals surface area (Å²) in [5.41, 5.74) is 11.5. The van der Waals surface area contributed by atoms with Crippen LogP contribution in [0.25, 0.3) is 0 Å². The summed E-state index contributed by atoms with van der Waals surface area (Å²) in [7, 11) is 0. The van der Waals surface area contributed by atoms with Gasteiger partial charge in [-0.25, -0.2) is 0 Å². The quantitative estimate of drug-likeness (QED) is 0.642. The fraction of sp³-hybridized carbons (Fsp3) is 0.417. The first kappa shape index (κ1) is 13.5. The van der Waals surface area contributed by atoms with Crippen molar-refractivity contribution in [2.24, 2.45) is 11.5 Å². The molecule has 0 aliphatic heterocycles. The van der Waals surface area contributed by atoms with Gasteiger partial charge in [-0.15, -0.1) is 0 Å². The number of benzene rings is 1. The maximum Gasteiger partial charge on any atom is 0.137 e. The Balaban J connectivity index is 2.53. The van der Waals surface area contributed by atoms with Crippen molar-refractivity contribution in [3.05, 3.63) is 29.8 Å². The number of nitrogens with zero attached hydrogens (tertiary/aromatic N) is 1. The highest BCUT2D eigenvalue weighted by Gasteiger charge is 2.15. The van der Waals surface area contributed by atoms with Crippen molar-refractivity contribution in [2.75, 3.05) is 13.2 Å². The average Bonchev–Trinajstić information content (AvgIpc) is 2.36. The van der Waals surface area contributed by atoms with Crippen LogP contribution in [-0.2, 0) is 0 Å². The maximum absolute atomic E-state index is 9.69. The molecule has 1 rings (SSSR count). The number of aliphatic hydroxyl groups excluding tert-OH is 1. The molecule has 1 aromatic carbocycles. The van der Waals surface area contributed by atoms with Crippen LogP contribution in [0.1, 0.15) is 12.0 Å². The highest BCUT2D eigenvalue weighted by Crippen LogP contribution is 2.16. The third-order valence-corrected chi connectivity index (χ3v) is 2.41. The molecule has 5 heteroatoms. The summed E-state index contributed by atoms with van der Waals surface area (Å²) < 4.78 is 5.36. The van der Waals surface area contributed by atoms with Gasteiger partial charge in [-0.05, 0) is 25.1 Å². The monoisotopic (exact) mass is 235 g/mol. The second kappa shape index (κ2) is 6.86. The summed E-state index contributed by atoms with van der Waals surface area (Å²) in [6, 6.07) is 8.46. The Bertz CT molecular complexity index is 390. The zero-order valence-electron chi connectivity index (χ0n) is 9.54. The molecule has 5 N–H and O–H groups in total. The standard InChI is InChI=1S/C12H17N3O2/c13-6-5-10(15)11(16)8-17-12-4-2-1-3-9(12)7-14/h1-4,10-11,16H,5-6,8,13,15H2. The van der Waals surface area contributed by atoms with E-state index in [0.29, 0.717) is 24.3 Å². The Hall–Kier alpha value is -1.61. The first-order chi connectivity index (χ1) is 8.19. The summed E-state index contributed by atoms with van der Waals surface area (Å²) in [5, 5.41) is 18.5. The molecule has 0 spiro atoms. The third-order valence-electron chi connectivity index (χ3n) is 2.41. The van der Waals surface area contributed by atoms with Crippen molar-refractivity contribution < 1.29 is 9.84 Å². The van der Waals surface area contributed by atoms with Crippen LogP contribution in [-0.4, -0.2) is 30.4 Å². The predicted molar refractivity (Wildman–Crippen MR) is 64.3 cm³/mol. The van der Waals surface area contributed by atoms with Crippen molar-refractivity contribution in [1.29, 1.82) is 5.26 Å². The zero-order valence-corrected chi connectivity index (χ0v) is 9.54. The Morgan fingerprint density at radius 3 is 2.76 bits per heavy atom. The molecule has 0 amide bonds. The highest BCUT2D eigenvalue weighted by atomic mass is 16.5. The molecule has 92 valence electrons. The molecule has 0 aliphatic carbocycles. The lowest BCUT2D eigenvalue weighted by Crippen LogP contribution is -2.40. The van der Waals surface area contributed by atoms with E-state index in [0.717, 1.165) is 0 Å². The van der Waals surface area contributed by atoms with E-state index in [2.05, 4.69) is 0 Å². The van der Waals surface area contributed by atoms with Crippen LogP contribution in [0.3, 0.4) is 0 Å². The van der Waals surface area contributed by atoms with E-state index in [9.17, 15) is 5.11 Å². The lowest BCUT2D eigenvalue weighted by molar-refractivity contribution is 0.0831. The molecule has 0 aromatic heterocycles. The summed E-state index contributed by atoms with van der Waals surface area (Å²) in [6.45, 7) is 0.479. The van der Waals surface area contributed by atoms with E-state index in [4.69, 9.17) is 21.5 Å². The summed E-state index contributed by atoms with van der Waals surface area (Å²) in [6.07, 6.45) is -0.255. The van der Waals surface area contributed by atoms with Crippen LogP contribution < -0.4 is 16.2 Å². The number of ether oxygens (including phenoxy) is 1. The molecule has 0 heterocycles. The van der Waals surface area contributed by atoms with E-state index in [-0.39, 0.29) is 6.61 Å². The summed E-state index contributed by atoms with van der Waals surface area (Å²) in [4.78, 5) is 0. The van der Waals surface area contributed by atoms with Crippen LogP contribution in [0.4, 0.5) is 0 Å². The maximum atomic E-state index is 9.69. The van der Waals surface area contributed by atoms with Gasteiger partial charge < -0.3 is 21.3 Å². The van der Waals surface area contributed by atoms with Crippen molar-refractivity contribution >= 4 is 0 Å². The predicted octanol–water partition coefficient (Wildman–Crippen LogP) is -0.0259. The first-order valence-corrected chi connectivity index (χ1v) is 5.44. The molecular weight excluding hydrogens is 218 g/mol. The van der Waals surface area contributed by atoms with Gasteiger partial charge in [0.25, 0.3) is 0 Å². The van der Waals surface area contributed by atoms with E-state index in [1.807, 2.05) is 6.07 Å². The number of rotatable bonds is 6. The average molecular weight is 235 g/mol. The zero-order chi connectivity index (χ0) is 12.7. The summed E-state index contributed by atoms with van der Waals surface area (Å²) in [5.74, 6) is 0.453. The topological polar surface area (TPSA) is 105 Å². The molecular formula is C12H17N3O2. The van der Waals surface area contributed by atoms with Crippen LogP contribution in [0, 0.1) is 11.3 Å². The molecule has 0 saturated carbocycles. The number of nitrogens with two attached hydrogens (primary N) is 2. The largest absolute Gasteiger partial charge is 0.489 e. The van der Waals surface area contributed by atoms with Crippen LogP contribution >= 0.6 is 0 Å². The van der Waals surface area contributed by atoms with Gasteiger partial charge in [0.2, 0.25) is 0 Å². The molecule has 5 nitrogen and oxygen atoms in total. The number of para-hydroxylation sites is 1. The fourth-order valence-corrected chi connectivity index (χ4v) is 1.37. The van der Waals surface area contributed by atoms with Gasteiger partial charge in [0.05, 0.1) is 5.56 Å². The van der Waals surface area contributed by atoms with Gasteiger partial charge in [0.1, 0.15) is 24.5 Å². The van der Waals surface area contributed by atoms with E-state index in [1.54, 1.807) is 24.3 Å². The third kappa shape index (κ3) is 4.04. The molecule has 2 unspecified atom stereocenters. The Labute approximate surface area is 101 Å². The van der Waals surface area contributed by atoms with Gasteiger partial charge in [0, 0.05) is 6.04 Å². The van der Waals surface area contributed by atoms with Gasteiger partial charge in [-0.3, -0.25) is 0 Å². The van der Waals surface area contributed by atoms with Crippen LogP contribution in [0.15, 0.2) is 24.3 Å². The van der Waals surface area contributed by atoms with Gasteiger partial charge in [-0.1, -0.05) is 12.1 Å². The second-order valence-corrected chi connectivity index (χ2v) is 3.73. The normalized spacial score (nSPS) is 13.8. The minimum absolute atomic E-state index is 0.0554. The van der Waals surface area contributed by atoms with Crippen molar-refractivity contribution in [2.45, 2.75) is 18.6 Å². The molecule has 0 fully saturated rings. The Morgan fingerprint density at radius 1 is 1.41 bits per heavy atom. The smallest absolute Gasteiger partial charge is 0.137 e. The Morgan fingerprint density at radius 2 is 2.12 bits per heavy atom. The number of hydrogen-bond acceptors (Lipinski definition) is 5. The number of aliphatic hydroxyl groups is 1. The highest BCUT2D eigenvalue weighted by molar-refractivity contribution is 5.42. The number of nitriles is 1. The lowest BCUT2D eigenvalue weighted by Gasteiger charge is -2.18. The van der Waals surface area contributed by atoms with Crippen molar-refractivity contribution in [3.63, 3.8) is 0 Å². The lowest BCUT2D eigenvalue weighted by atomic mass is 10.1. The SMILES string of the molecule is N#Cc1ccccc1OCC(O)C(N)CCN. The van der Waals surface area contributed by atoms with Gasteiger partial charge in [-0.2, -0.15) is 5.26 Å².